The van der Waals surface area contributed by atoms with Crippen LogP contribution in [0, 0.1) is 6.92 Å². The molecule has 2 aliphatic rings. The Labute approximate surface area is 100 Å². The van der Waals surface area contributed by atoms with Gasteiger partial charge in [-0.25, -0.2) is 0 Å². The Kier molecular flexibility index (Phi) is 2.43. The number of carbonyl (C=O) groups excluding carboxylic acids is 1. The molecular formula is C13H15NOS. The zero-order chi connectivity index (χ0) is 11.1. The minimum atomic E-state index is 0.333. The zero-order valence-corrected chi connectivity index (χ0v) is 10.2. The highest BCUT2D eigenvalue weighted by molar-refractivity contribution is 7.99. The molecule has 1 aromatic rings. The van der Waals surface area contributed by atoms with Gasteiger partial charge in [-0.15, -0.1) is 11.8 Å². The molecule has 84 valence electrons. The summed E-state index contributed by atoms with van der Waals surface area (Å²) in [4.78, 5) is 15.2. The lowest BCUT2D eigenvalue weighted by Crippen LogP contribution is -2.28. The first kappa shape index (κ1) is 10.2. The first-order valence-corrected chi connectivity index (χ1v) is 6.78. The third-order valence-electron chi connectivity index (χ3n) is 3.51. The second kappa shape index (κ2) is 3.81. The summed E-state index contributed by atoms with van der Waals surface area (Å²) in [5.41, 5.74) is 2.72. The maximum absolute atomic E-state index is 11.8. The molecule has 0 N–H and O–H groups in total. The number of hydrogen-bond acceptors (Lipinski definition) is 2. The van der Waals surface area contributed by atoms with Crippen LogP contribution in [0.4, 0.5) is 0 Å². The summed E-state index contributed by atoms with van der Waals surface area (Å²) in [6.07, 6.45) is 1.72. The predicted octanol–water partition coefficient (Wildman–Crippen LogP) is 2.76. The van der Waals surface area contributed by atoms with E-state index in [1.807, 2.05) is 11.8 Å². The van der Waals surface area contributed by atoms with Gasteiger partial charge in [-0.3, -0.25) is 4.79 Å². The molecule has 0 spiro atoms. The van der Waals surface area contributed by atoms with E-state index in [0.29, 0.717) is 11.9 Å². The lowest BCUT2D eigenvalue weighted by atomic mass is 10.0. The van der Waals surface area contributed by atoms with Gasteiger partial charge in [0.15, 0.2) is 0 Å². The maximum atomic E-state index is 11.8. The largest absolute Gasteiger partial charge is 0.335 e. The van der Waals surface area contributed by atoms with Crippen molar-refractivity contribution in [3.63, 3.8) is 0 Å². The first-order chi connectivity index (χ1) is 7.77. The average molecular weight is 233 g/mol. The topological polar surface area (TPSA) is 20.3 Å². The van der Waals surface area contributed by atoms with Crippen molar-refractivity contribution in [3.8, 4) is 0 Å². The predicted molar refractivity (Wildman–Crippen MR) is 65.6 cm³/mol. The van der Waals surface area contributed by atoms with E-state index in [0.717, 1.165) is 25.1 Å². The zero-order valence-electron chi connectivity index (χ0n) is 9.40. The van der Waals surface area contributed by atoms with Gasteiger partial charge >= 0.3 is 0 Å². The normalized spacial score (nSPS) is 23.9. The van der Waals surface area contributed by atoms with Crippen LogP contribution in [0.2, 0.25) is 0 Å². The molecule has 3 heteroatoms. The van der Waals surface area contributed by atoms with Crippen LogP contribution in [-0.4, -0.2) is 23.1 Å². The van der Waals surface area contributed by atoms with Gasteiger partial charge in [0.05, 0.1) is 6.04 Å². The van der Waals surface area contributed by atoms with E-state index in [9.17, 15) is 4.79 Å². The molecule has 2 heterocycles. The fourth-order valence-corrected chi connectivity index (χ4v) is 3.88. The van der Waals surface area contributed by atoms with Gasteiger partial charge in [-0.1, -0.05) is 18.2 Å². The van der Waals surface area contributed by atoms with Crippen LogP contribution in [0.5, 0.6) is 0 Å². The monoisotopic (exact) mass is 233 g/mol. The van der Waals surface area contributed by atoms with E-state index >= 15 is 0 Å². The summed E-state index contributed by atoms with van der Waals surface area (Å²) in [5.74, 6) is 1.36. The minimum absolute atomic E-state index is 0.333. The van der Waals surface area contributed by atoms with Crippen molar-refractivity contribution in [3.05, 3.63) is 29.3 Å². The van der Waals surface area contributed by atoms with E-state index in [-0.39, 0.29) is 0 Å². The highest BCUT2D eigenvalue weighted by Crippen LogP contribution is 2.41. The quantitative estimate of drug-likeness (QED) is 0.686. The average Bonchev–Trinajstić information content (AvgIpc) is 2.54. The first-order valence-electron chi connectivity index (χ1n) is 5.79. The fourth-order valence-electron chi connectivity index (χ4n) is 2.72. The Morgan fingerprint density at radius 2 is 2.31 bits per heavy atom. The third kappa shape index (κ3) is 1.46. The molecule has 3 rings (SSSR count). The SMILES string of the molecule is Cc1cccc2c1SCCN1C(=O)CCC21. The van der Waals surface area contributed by atoms with Gasteiger partial charge in [0.2, 0.25) is 5.91 Å². The number of rotatable bonds is 0. The molecular weight excluding hydrogens is 218 g/mol. The second-order valence-corrected chi connectivity index (χ2v) is 5.59. The summed E-state index contributed by atoms with van der Waals surface area (Å²) >= 11 is 1.90. The van der Waals surface area contributed by atoms with Gasteiger partial charge in [-0.2, -0.15) is 0 Å². The van der Waals surface area contributed by atoms with Crippen LogP contribution in [0.1, 0.15) is 30.0 Å². The standard InChI is InChI=1S/C13H15NOS/c1-9-3-2-4-10-11-5-6-12(15)14(11)7-8-16-13(9)10/h2-4,11H,5-8H2,1H3. The lowest BCUT2D eigenvalue weighted by Gasteiger charge is -2.23. The molecule has 0 aromatic heterocycles. The molecule has 1 saturated heterocycles. The fraction of sp³-hybridized carbons (Fsp3) is 0.462. The van der Waals surface area contributed by atoms with Gasteiger partial charge in [0, 0.05) is 23.6 Å². The van der Waals surface area contributed by atoms with Crippen LogP contribution < -0.4 is 0 Å². The smallest absolute Gasteiger partial charge is 0.223 e. The molecule has 0 aliphatic carbocycles. The number of nitrogens with zero attached hydrogens (tertiary/aromatic N) is 1. The van der Waals surface area contributed by atoms with E-state index in [2.05, 4.69) is 30.0 Å². The van der Waals surface area contributed by atoms with Gasteiger partial charge in [0.1, 0.15) is 0 Å². The number of carbonyl (C=O) groups is 1. The summed E-state index contributed by atoms with van der Waals surface area (Å²) < 4.78 is 0. The van der Waals surface area contributed by atoms with E-state index in [4.69, 9.17) is 0 Å². The van der Waals surface area contributed by atoms with Crippen molar-refractivity contribution >= 4 is 17.7 Å². The van der Waals surface area contributed by atoms with Crippen molar-refractivity contribution in [2.24, 2.45) is 0 Å². The summed E-state index contributed by atoms with van der Waals surface area (Å²) in [6, 6.07) is 6.81. The summed E-state index contributed by atoms with van der Waals surface area (Å²) in [7, 11) is 0. The Hall–Kier alpha value is -0.960. The van der Waals surface area contributed by atoms with E-state index in [1.54, 1.807) is 0 Å². The summed E-state index contributed by atoms with van der Waals surface area (Å²) in [5, 5.41) is 0. The van der Waals surface area contributed by atoms with Crippen molar-refractivity contribution in [1.29, 1.82) is 0 Å². The molecule has 1 unspecified atom stereocenters. The van der Waals surface area contributed by atoms with Gasteiger partial charge in [0.25, 0.3) is 0 Å². The Bertz CT molecular complexity index is 444. The van der Waals surface area contributed by atoms with Crippen LogP contribution in [0.25, 0.3) is 0 Å². The second-order valence-electron chi connectivity index (χ2n) is 4.48. The highest BCUT2D eigenvalue weighted by Gasteiger charge is 2.34. The number of fused-ring (bicyclic) bond motifs is 3. The molecule has 1 amide bonds. The lowest BCUT2D eigenvalue weighted by molar-refractivity contribution is -0.128. The van der Waals surface area contributed by atoms with Crippen molar-refractivity contribution in [1.82, 2.24) is 4.90 Å². The summed E-state index contributed by atoms with van der Waals surface area (Å²) in [6.45, 7) is 3.07. The van der Waals surface area contributed by atoms with Crippen LogP contribution in [0.3, 0.4) is 0 Å². The number of benzene rings is 1. The number of aryl methyl sites for hydroxylation is 1. The molecule has 0 bridgehead atoms. The Balaban J connectivity index is 2.10. The van der Waals surface area contributed by atoms with E-state index in [1.165, 1.54) is 16.0 Å². The number of hydrogen-bond donors (Lipinski definition) is 0. The maximum Gasteiger partial charge on any atom is 0.223 e. The highest BCUT2D eigenvalue weighted by atomic mass is 32.2. The molecule has 2 nitrogen and oxygen atoms in total. The van der Waals surface area contributed by atoms with Crippen molar-refractivity contribution in [2.75, 3.05) is 12.3 Å². The molecule has 1 fully saturated rings. The Morgan fingerprint density at radius 1 is 1.44 bits per heavy atom. The Morgan fingerprint density at radius 3 is 3.19 bits per heavy atom. The van der Waals surface area contributed by atoms with Crippen molar-refractivity contribution < 1.29 is 4.79 Å². The molecule has 0 radical (unpaired) electrons. The molecule has 1 atom stereocenters. The number of amides is 1. The molecule has 1 aromatic carbocycles. The van der Waals surface area contributed by atoms with Crippen molar-refractivity contribution in [2.45, 2.75) is 30.7 Å². The van der Waals surface area contributed by atoms with Gasteiger partial charge in [-0.05, 0) is 24.5 Å². The minimum Gasteiger partial charge on any atom is -0.335 e. The van der Waals surface area contributed by atoms with Crippen LogP contribution in [-0.2, 0) is 4.79 Å². The van der Waals surface area contributed by atoms with Crippen LogP contribution >= 0.6 is 11.8 Å². The van der Waals surface area contributed by atoms with E-state index < -0.39 is 0 Å². The molecule has 16 heavy (non-hydrogen) atoms. The molecule has 2 aliphatic heterocycles. The number of thioether (sulfide) groups is 1. The molecule has 0 saturated carbocycles. The third-order valence-corrected chi connectivity index (χ3v) is 4.74. The van der Waals surface area contributed by atoms with Gasteiger partial charge < -0.3 is 4.90 Å². The van der Waals surface area contributed by atoms with Crippen LogP contribution in [0.15, 0.2) is 23.1 Å².